The highest BCUT2D eigenvalue weighted by atomic mass is 35.5. The molecule has 0 atom stereocenters. The predicted octanol–water partition coefficient (Wildman–Crippen LogP) is 4.87. The fraction of sp³-hybridized carbons (Fsp3) is 0.125. The van der Waals surface area contributed by atoms with Gasteiger partial charge in [0.2, 0.25) is 5.78 Å². The molecule has 0 spiro atoms. The van der Waals surface area contributed by atoms with Crippen molar-refractivity contribution in [3.05, 3.63) is 88.2 Å². The van der Waals surface area contributed by atoms with Crippen molar-refractivity contribution in [2.75, 3.05) is 19.5 Å². The van der Waals surface area contributed by atoms with E-state index in [2.05, 4.69) is 10.2 Å². The van der Waals surface area contributed by atoms with E-state index in [-0.39, 0.29) is 5.56 Å². The molecule has 33 heavy (non-hydrogen) atoms. The molecule has 0 saturated heterocycles. The minimum Gasteiger partial charge on any atom is -0.497 e. The van der Waals surface area contributed by atoms with E-state index >= 15 is 0 Å². The average molecular weight is 479 g/mol. The van der Waals surface area contributed by atoms with Crippen molar-refractivity contribution in [2.45, 2.75) is 5.16 Å². The molecule has 0 N–H and O–H groups in total. The summed E-state index contributed by atoms with van der Waals surface area (Å²) in [7, 11) is 1.59. The van der Waals surface area contributed by atoms with E-state index in [0.29, 0.717) is 50.9 Å². The summed E-state index contributed by atoms with van der Waals surface area (Å²) in [6, 6.07) is 22.1. The van der Waals surface area contributed by atoms with Crippen LogP contribution in [-0.2, 0) is 0 Å². The van der Waals surface area contributed by atoms with Crippen LogP contribution in [0.25, 0.3) is 22.4 Å². The maximum Gasteiger partial charge on any atom is 0.267 e. The molecule has 7 nitrogen and oxygen atoms in total. The van der Waals surface area contributed by atoms with Gasteiger partial charge in [-0.2, -0.15) is 0 Å². The van der Waals surface area contributed by atoms with Gasteiger partial charge in [-0.1, -0.05) is 53.7 Å². The maximum atomic E-state index is 13.4. The number of fused-ring (bicyclic) bond motifs is 3. The number of hydrogen-bond acceptors (Lipinski definition) is 6. The summed E-state index contributed by atoms with van der Waals surface area (Å²) in [5.41, 5.74) is 1.23. The van der Waals surface area contributed by atoms with Gasteiger partial charge in [0.05, 0.1) is 35.3 Å². The van der Waals surface area contributed by atoms with Gasteiger partial charge >= 0.3 is 0 Å². The van der Waals surface area contributed by atoms with E-state index in [4.69, 9.17) is 21.1 Å². The van der Waals surface area contributed by atoms with Crippen molar-refractivity contribution in [2.24, 2.45) is 0 Å². The summed E-state index contributed by atoms with van der Waals surface area (Å²) in [6.07, 6.45) is 0. The molecular formula is C24H19ClN4O3S. The molecule has 0 unspecified atom stereocenters. The molecule has 3 aromatic carbocycles. The molecule has 0 aliphatic heterocycles. The van der Waals surface area contributed by atoms with E-state index in [1.807, 2.05) is 65.1 Å². The largest absolute Gasteiger partial charge is 0.497 e. The summed E-state index contributed by atoms with van der Waals surface area (Å²) in [5.74, 6) is 2.35. The zero-order chi connectivity index (χ0) is 22.8. The number of hydrogen-bond donors (Lipinski definition) is 0. The van der Waals surface area contributed by atoms with Crippen LogP contribution in [0.3, 0.4) is 0 Å². The van der Waals surface area contributed by atoms with Gasteiger partial charge < -0.3 is 9.47 Å². The van der Waals surface area contributed by atoms with Crippen molar-refractivity contribution in [3.63, 3.8) is 0 Å². The van der Waals surface area contributed by atoms with E-state index in [0.717, 1.165) is 5.52 Å². The number of halogens is 1. The molecular weight excluding hydrogens is 460 g/mol. The Hall–Kier alpha value is -3.49. The Morgan fingerprint density at radius 3 is 2.67 bits per heavy atom. The van der Waals surface area contributed by atoms with E-state index in [1.54, 1.807) is 23.8 Å². The fourth-order valence-corrected chi connectivity index (χ4v) is 4.55. The fourth-order valence-electron chi connectivity index (χ4n) is 3.60. The van der Waals surface area contributed by atoms with Gasteiger partial charge in [-0.25, -0.2) is 4.57 Å². The Balaban J connectivity index is 1.54. The molecule has 2 aromatic heterocycles. The molecule has 0 aliphatic rings. The van der Waals surface area contributed by atoms with Crippen LogP contribution < -0.4 is 15.0 Å². The van der Waals surface area contributed by atoms with E-state index < -0.39 is 0 Å². The molecule has 5 rings (SSSR count). The van der Waals surface area contributed by atoms with Crippen molar-refractivity contribution < 1.29 is 9.47 Å². The van der Waals surface area contributed by atoms with Crippen LogP contribution in [0.2, 0.25) is 5.02 Å². The lowest BCUT2D eigenvalue weighted by atomic mass is 10.2. The molecule has 0 fully saturated rings. The summed E-state index contributed by atoms with van der Waals surface area (Å²) >= 11 is 7.65. The van der Waals surface area contributed by atoms with Gasteiger partial charge in [-0.3, -0.25) is 9.20 Å². The number of aromatic nitrogens is 4. The Morgan fingerprint density at radius 1 is 1.00 bits per heavy atom. The third-order valence-electron chi connectivity index (χ3n) is 5.11. The molecule has 0 radical (unpaired) electrons. The van der Waals surface area contributed by atoms with Crippen molar-refractivity contribution in [3.8, 4) is 17.2 Å². The lowest BCUT2D eigenvalue weighted by Crippen LogP contribution is -2.21. The van der Waals surface area contributed by atoms with Gasteiger partial charge in [-0.05, 0) is 36.4 Å². The Bertz CT molecular complexity index is 1520. The van der Waals surface area contributed by atoms with Crippen LogP contribution in [0.5, 0.6) is 11.5 Å². The summed E-state index contributed by atoms with van der Waals surface area (Å²) in [5, 5.41) is 10.6. The maximum absolute atomic E-state index is 13.4. The second-order valence-corrected chi connectivity index (χ2v) is 8.57. The number of para-hydroxylation sites is 2. The monoisotopic (exact) mass is 478 g/mol. The lowest BCUT2D eigenvalue weighted by Gasteiger charge is -2.12. The van der Waals surface area contributed by atoms with Crippen molar-refractivity contribution in [1.29, 1.82) is 0 Å². The van der Waals surface area contributed by atoms with E-state index in [1.165, 1.54) is 11.8 Å². The van der Waals surface area contributed by atoms with Crippen LogP contribution in [-0.4, -0.2) is 38.6 Å². The first-order valence-electron chi connectivity index (χ1n) is 10.2. The minimum absolute atomic E-state index is 0.169. The highest BCUT2D eigenvalue weighted by Crippen LogP contribution is 2.26. The topological polar surface area (TPSA) is 70.7 Å². The van der Waals surface area contributed by atoms with Crippen molar-refractivity contribution in [1.82, 2.24) is 19.2 Å². The zero-order valence-corrected chi connectivity index (χ0v) is 19.2. The van der Waals surface area contributed by atoms with Crippen LogP contribution in [0.1, 0.15) is 0 Å². The number of thioether (sulfide) groups is 1. The summed E-state index contributed by atoms with van der Waals surface area (Å²) < 4.78 is 14.6. The number of rotatable bonds is 7. The molecule has 5 aromatic rings. The number of nitrogens with zero attached hydrogens (tertiary/aromatic N) is 4. The number of methoxy groups -OCH3 is 1. The minimum atomic E-state index is -0.169. The van der Waals surface area contributed by atoms with Crippen LogP contribution in [0, 0.1) is 0 Å². The molecule has 166 valence electrons. The van der Waals surface area contributed by atoms with Gasteiger partial charge in [0.1, 0.15) is 11.5 Å². The Labute approximate surface area is 198 Å². The molecule has 9 heteroatoms. The molecule has 0 amide bonds. The van der Waals surface area contributed by atoms with Gasteiger partial charge in [0, 0.05) is 11.8 Å². The first-order valence-corrected chi connectivity index (χ1v) is 11.6. The Morgan fingerprint density at radius 2 is 1.82 bits per heavy atom. The Kier molecular flexibility index (Phi) is 5.93. The molecule has 0 aliphatic carbocycles. The normalized spacial score (nSPS) is 11.2. The second-order valence-electron chi connectivity index (χ2n) is 7.10. The molecule has 0 saturated carbocycles. The van der Waals surface area contributed by atoms with Crippen LogP contribution in [0.4, 0.5) is 0 Å². The first-order chi connectivity index (χ1) is 16.2. The summed E-state index contributed by atoms with van der Waals surface area (Å²) in [4.78, 5) is 13.4. The highest BCUT2D eigenvalue weighted by molar-refractivity contribution is 7.99. The van der Waals surface area contributed by atoms with Gasteiger partial charge in [-0.15, -0.1) is 10.2 Å². The number of ether oxygens (including phenoxy) is 2. The smallest absolute Gasteiger partial charge is 0.267 e. The molecule has 2 heterocycles. The second kappa shape index (κ2) is 9.17. The van der Waals surface area contributed by atoms with Gasteiger partial charge in [0.15, 0.2) is 5.16 Å². The van der Waals surface area contributed by atoms with Gasteiger partial charge in [0.25, 0.3) is 5.56 Å². The van der Waals surface area contributed by atoms with Crippen LogP contribution >= 0.6 is 23.4 Å². The number of benzene rings is 3. The standard InChI is InChI=1S/C24H19ClN4O3S/c1-31-17-8-6-7-16(15-17)28-22(30)18-9-2-4-11-20(18)29-23(28)26-27-24(29)33-14-13-32-21-12-5-3-10-19(21)25/h2-12,15H,13-14H2,1H3. The quantitative estimate of drug-likeness (QED) is 0.245. The third kappa shape index (κ3) is 4.03. The first kappa shape index (κ1) is 21.4. The van der Waals surface area contributed by atoms with Crippen LogP contribution in [0.15, 0.2) is 82.7 Å². The third-order valence-corrected chi connectivity index (χ3v) is 6.32. The SMILES string of the molecule is COc1cccc(-n2c(=O)c3ccccc3n3c(SCCOc4ccccc4Cl)nnc23)c1. The highest BCUT2D eigenvalue weighted by Gasteiger charge is 2.18. The molecule has 0 bridgehead atoms. The predicted molar refractivity (Wildman–Crippen MR) is 130 cm³/mol. The lowest BCUT2D eigenvalue weighted by molar-refractivity contribution is 0.344. The van der Waals surface area contributed by atoms with E-state index in [9.17, 15) is 4.79 Å². The zero-order valence-electron chi connectivity index (χ0n) is 17.6. The summed E-state index contributed by atoms with van der Waals surface area (Å²) in [6.45, 7) is 0.441. The van der Waals surface area contributed by atoms with Crippen molar-refractivity contribution >= 4 is 40.0 Å². The average Bonchev–Trinajstić information content (AvgIpc) is 3.27.